The highest BCUT2D eigenvalue weighted by Crippen LogP contribution is 2.26. The summed E-state index contributed by atoms with van der Waals surface area (Å²) in [7, 11) is 1.49. The summed E-state index contributed by atoms with van der Waals surface area (Å²) in [6, 6.07) is 12.5. The van der Waals surface area contributed by atoms with Crippen molar-refractivity contribution in [1.29, 1.82) is 0 Å². The molecule has 0 aliphatic heterocycles. The number of rotatable bonds is 6. The van der Waals surface area contributed by atoms with Gasteiger partial charge in [0, 0.05) is 0 Å². The van der Waals surface area contributed by atoms with Crippen molar-refractivity contribution in [2.45, 2.75) is 6.92 Å². The van der Waals surface area contributed by atoms with E-state index in [1.807, 2.05) is 31.2 Å². The quantitative estimate of drug-likeness (QED) is 0.530. The van der Waals surface area contributed by atoms with Gasteiger partial charge in [-0.1, -0.05) is 12.1 Å². The molecule has 0 atom stereocenters. The van der Waals surface area contributed by atoms with Gasteiger partial charge in [0.2, 0.25) is 5.82 Å². The number of aromatic hydroxyl groups is 1. The lowest BCUT2D eigenvalue weighted by molar-refractivity contribution is 0.328. The van der Waals surface area contributed by atoms with E-state index >= 15 is 0 Å². The van der Waals surface area contributed by atoms with Gasteiger partial charge in [-0.2, -0.15) is 5.10 Å². The molecular weight excluding hydrogens is 320 g/mol. The van der Waals surface area contributed by atoms with Gasteiger partial charge in [0.15, 0.2) is 11.5 Å². The zero-order valence-corrected chi connectivity index (χ0v) is 13.9. The Morgan fingerprint density at radius 2 is 1.92 bits per heavy atom. The van der Waals surface area contributed by atoms with Crippen LogP contribution in [0.4, 0.5) is 5.82 Å². The summed E-state index contributed by atoms with van der Waals surface area (Å²) in [5, 5.41) is 13.8. The number of hydrogen-bond donors (Lipinski definition) is 2. The summed E-state index contributed by atoms with van der Waals surface area (Å²) in [6.45, 7) is 2.35. The predicted octanol–water partition coefficient (Wildman–Crippen LogP) is 3.19. The second-order valence-electron chi connectivity index (χ2n) is 5.10. The molecule has 0 aliphatic rings. The molecule has 7 nitrogen and oxygen atoms in total. The summed E-state index contributed by atoms with van der Waals surface area (Å²) in [6.07, 6.45) is 1.59. The Bertz CT molecular complexity index is 912. The Morgan fingerprint density at radius 1 is 1.16 bits per heavy atom. The van der Waals surface area contributed by atoms with Gasteiger partial charge in [0.1, 0.15) is 0 Å². The van der Waals surface area contributed by atoms with Crippen molar-refractivity contribution in [3.8, 4) is 17.4 Å². The summed E-state index contributed by atoms with van der Waals surface area (Å²) in [5.74, 6) is 1.28. The zero-order chi connectivity index (χ0) is 17.6. The molecule has 25 heavy (non-hydrogen) atoms. The summed E-state index contributed by atoms with van der Waals surface area (Å²) in [5.41, 5.74) is 5.12. The van der Waals surface area contributed by atoms with Crippen LogP contribution in [-0.2, 0) is 0 Å². The molecule has 1 aromatic heterocycles. The molecule has 2 N–H and O–H groups in total. The third-order valence-electron chi connectivity index (χ3n) is 3.41. The van der Waals surface area contributed by atoms with Crippen molar-refractivity contribution < 1.29 is 14.6 Å². The van der Waals surface area contributed by atoms with Crippen molar-refractivity contribution >= 4 is 23.1 Å². The molecule has 0 unspecified atom stereocenters. The van der Waals surface area contributed by atoms with E-state index in [0.717, 1.165) is 16.6 Å². The van der Waals surface area contributed by atoms with E-state index in [-0.39, 0.29) is 5.75 Å². The number of nitrogens with zero attached hydrogens (tertiary/aromatic N) is 3. The van der Waals surface area contributed by atoms with Gasteiger partial charge in [0.25, 0.3) is 5.88 Å². The number of para-hydroxylation sites is 2. The number of phenolic OH excluding ortho intramolecular Hbond substituents is 1. The van der Waals surface area contributed by atoms with Crippen LogP contribution in [0.2, 0.25) is 0 Å². The van der Waals surface area contributed by atoms with Crippen LogP contribution in [-0.4, -0.2) is 35.0 Å². The lowest BCUT2D eigenvalue weighted by Crippen LogP contribution is -2.03. The third-order valence-corrected chi connectivity index (χ3v) is 3.41. The van der Waals surface area contributed by atoms with Crippen LogP contribution in [0.15, 0.2) is 47.6 Å². The SMILES string of the molecule is CCOc1nc2ccccc2nc1N/N=C/c1ccc(O)c(OC)c1. The molecule has 0 spiro atoms. The van der Waals surface area contributed by atoms with Crippen LogP contribution in [0.5, 0.6) is 17.4 Å². The number of ether oxygens (including phenoxy) is 2. The van der Waals surface area contributed by atoms with Crippen LogP contribution in [0, 0.1) is 0 Å². The summed E-state index contributed by atoms with van der Waals surface area (Å²) >= 11 is 0. The molecule has 3 aromatic rings. The van der Waals surface area contributed by atoms with Gasteiger partial charge in [-0.15, -0.1) is 0 Å². The van der Waals surface area contributed by atoms with E-state index in [9.17, 15) is 5.11 Å². The second kappa shape index (κ2) is 7.48. The minimum Gasteiger partial charge on any atom is -0.504 e. The number of benzene rings is 2. The first-order chi connectivity index (χ1) is 12.2. The standard InChI is InChI=1S/C18H18N4O3/c1-3-25-18-17(20-13-6-4-5-7-14(13)21-18)22-19-11-12-8-9-15(23)16(10-12)24-2/h4-11,23H,3H2,1-2H3,(H,20,22)/b19-11+. The Hall–Kier alpha value is -3.35. The molecule has 7 heteroatoms. The largest absolute Gasteiger partial charge is 0.504 e. The van der Waals surface area contributed by atoms with Crippen molar-refractivity contribution in [3.63, 3.8) is 0 Å². The third kappa shape index (κ3) is 3.77. The highest BCUT2D eigenvalue weighted by Gasteiger charge is 2.09. The number of aromatic nitrogens is 2. The maximum absolute atomic E-state index is 9.61. The average molecular weight is 338 g/mol. The Kier molecular flexibility index (Phi) is 4.94. The molecule has 0 aliphatic carbocycles. The molecule has 0 radical (unpaired) electrons. The van der Waals surface area contributed by atoms with Crippen molar-refractivity contribution in [2.75, 3.05) is 19.1 Å². The van der Waals surface area contributed by atoms with Crippen LogP contribution in [0.25, 0.3) is 11.0 Å². The predicted molar refractivity (Wildman–Crippen MR) is 96.6 cm³/mol. The highest BCUT2D eigenvalue weighted by atomic mass is 16.5. The van der Waals surface area contributed by atoms with E-state index in [4.69, 9.17) is 9.47 Å². The molecule has 0 saturated heterocycles. The van der Waals surface area contributed by atoms with Gasteiger partial charge in [-0.3, -0.25) is 5.43 Å². The van der Waals surface area contributed by atoms with Crippen LogP contribution >= 0.6 is 0 Å². The molecule has 0 saturated carbocycles. The first-order valence-corrected chi connectivity index (χ1v) is 7.77. The normalized spacial score (nSPS) is 11.0. The first kappa shape index (κ1) is 16.5. The van der Waals surface area contributed by atoms with E-state index < -0.39 is 0 Å². The fraction of sp³-hybridized carbons (Fsp3) is 0.167. The molecule has 0 bridgehead atoms. The minimum atomic E-state index is 0.0756. The zero-order valence-electron chi connectivity index (χ0n) is 13.9. The maximum Gasteiger partial charge on any atom is 0.259 e. The molecule has 0 amide bonds. The Balaban J connectivity index is 1.85. The van der Waals surface area contributed by atoms with E-state index in [1.165, 1.54) is 7.11 Å². The molecule has 2 aromatic carbocycles. The maximum atomic E-state index is 9.61. The first-order valence-electron chi connectivity index (χ1n) is 7.77. The molecule has 128 valence electrons. The number of anilines is 1. The number of fused-ring (bicyclic) bond motifs is 1. The molecular formula is C18H18N4O3. The van der Waals surface area contributed by atoms with E-state index in [1.54, 1.807) is 24.4 Å². The fourth-order valence-electron chi connectivity index (χ4n) is 2.24. The minimum absolute atomic E-state index is 0.0756. The Labute approximate surface area is 145 Å². The van der Waals surface area contributed by atoms with Gasteiger partial charge in [-0.05, 0) is 42.8 Å². The van der Waals surface area contributed by atoms with E-state index in [2.05, 4.69) is 20.5 Å². The molecule has 3 rings (SSSR count). The van der Waals surface area contributed by atoms with Crippen LogP contribution in [0.3, 0.4) is 0 Å². The highest BCUT2D eigenvalue weighted by molar-refractivity contribution is 5.82. The summed E-state index contributed by atoms with van der Waals surface area (Å²) in [4.78, 5) is 8.95. The monoisotopic (exact) mass is 338 g/mol. The molecule has 0 fully saturated rings. The lowest BCUT2D eigenvalue weighted by Gasteiger charge is -2.09. The van der Waals surface area contributed by atoms with Crippen molar-refractivity contribution in [2.24, 2.45) is 5.10 Å². The van der Waals surface area contributed by atoms with Gasteiger partial charge in [-0.25, -0.2) is 9.97 Å². The molecule has 1 heterocycles. The summed E-state index contributed by atoms with van der Waals surface area (Å²) < 4.78 is 10.6. The van der Waals surface area contributed by atoms with Crippen molar-refractivity contribution in [3.05, 3.63) is 48.0 Å². The fourth-order valence-corrected chi connectivity index (χ4v) is 2.24. The van der Waals surface area contributed by atoms with Gasteiger partial charge < -0.3 is 14.6 Å². The average Bonchev–Trinajstić information content (AvgIpc) is 2.63. The van der Waals surface area contributed by atoms with E-state index in [0.29, 0.717) is 24.1 Å². The topological polar surface area (TPSA) is 88.9 Å². The van der Waals surface area contributed by atoms with Crippen LogP contribution in [0.1, 0.15) is 12.5 Å². The number of hydrogen-bond acceptors (Lipinski definition) is 7. The van der Waals surface area contributed by atoms with Crippen LogP contribution < -0.4 is 14.9 Å². The number of phenols is 1. The number of nitrogens with one attached hydrogen (secondary N) is 1. The van der Waals surface area contributed by atoms with Gasteiger partial charge >= 0.3 is 0 Å². The Morgan fingerprint density at radius 3 is 2.64 bits per heavy atom. The van der Waals surface area contributed by atoms with Gasteiger partial charge in [0.05, 0.1) is 31.0 Å². The second-order valence-corrected chi connectivity index (χ2v) is 5.10. The number of hydrazone groups is 1. The number of methoxy groups -OCH3 is 1. The lowest BCUT2D eigenvalue weighted by atomic mass is 10.2. The smallest absolute Gasteiger partial charge is 0.259 e. The van der Waals surface area contributed by atoms with Crippen molar-refractivity contribution in [1.82, 2.24) is 9.97 Å².